The standard InChI is InChI=1S/C26H23F12NO6S/c27-22(28,24(31,32)33)23(29,30)25(34,35)46(40,41)45-20-13-7-8-14(20)10-15(9-13)42-11-17-19(39-44-21(17)12-5-6-12)16-3-1-2-4-18(16)43-26(36,37)38/h1-4,12-15,20H,5-11H2/t13-,14+,15+,20+. The van der Waals surface area contributed by atoms with Crippen molar-refractivity contribution in [2.24, 2.45) is 11.8 Å². The van der Waals surface area contributed by atoms with Gasteiger partial charge in [-0.2, -0.15) is 47.9 Å². The fraction of sp³-hybridized carbons (Fsp3) is 0.654. The van der Waals surface area contributed by atoms with Gasteiger partial charge in [-0.1, -0.05) is 17.3 Å². The van der Waals surface area contributed by atoms with Gasteiger partial charge in [0.1, 0.15) is 17.2 Å². The van der Waals surface area contributed by atoms with Crippen molar-refractivity contribution < 1.29 is 79.3 Å². The Balaban J connectivity index is 1.31. The van der Waals surface area contributed by atoms with Gasteiger partial charge in [-0.25, -0.2) is 0 Å². The van der Waals surface area contributed by atoms with Crippen molar-refractivity contribution in [3.05, 3.63) is 35.6 Å². The summed E-state index contributed by atoms with van der Waals surface area (Å²) < 4.78 is 203. The Hall–Kier alpha value is -2.74. The quantitative estimate of drug-likeness (QED) is 0.173. The van der Waals surface area contributed by atoms with Gasteiger partial charge in [0.2, 0.25) is 0 Å². The van der Waals surface area contributed by atoms with Gasteiger partial charge in [0, 0.05) is 17.0 Å². The van der Waals surface area contributed by atoms with Crippen molar-refractivity contribution >= 4 is 10.1 Å². The topological polar surface area (TPSA) is 87.9 Å². The molecule has 3 aliphatic rings. The first-order valence-corrected chi connectivity index (χ1v) is 15.1. The smallest absolute Gasteiger partial charge is 0.405 e. The fourth-order valence-electron chi connectivity index (χ4n) is 5.85. The van der Waals surface area contributed by atoms with E-state index < -0.39 is 69.5 Å². The second-order valence-electron chi connectivity index (χ2n) is 11.4. The SMILES string of the molecule is O=S(=O)(O[C@H]1[C@@H]2CC[C@H]1C[C@@H](OCc1c(-c3ccccc3OC(F)(F)F)noc1C1CC1)C2)C(F)(F)C(F)(F)C(F)(F)C(F)(F)F. The fourth-order valence-corrected chi connectivity index (χ4v) is 7.02. The highest BCUT2D eigenvalue weighted by Crippen LogP contribution is 2.56. The minimum Gasteiger partial charge on any atom is -0.405 e. The Labute approximate surface area is 252 Å². The Morgan fingerprint density at radius 1 is 0.826 bits per heavy atom. The second kappa shape index (κ2) is 11.5. The molecule has 1 aromatic heterocycles. The average molecular weight is 706 g/mol. The molecule has 0 radical (unpaired) electrons. The lowest BCUT2D eigenvalue weighted by Gasteiger charge is -2.37. The molecule has 7 nitrogen and oxygen atoms in total. The van der Waals surface area contributed by atoms with Crippen LogP contribution in [0.25, 0.3) is 11.3 Å². The van der Waals surface area contributed by atoms with Gasteiger partial charge in [0.05, 0.1) is 18.8 Å². The molecule has 4 atom stereocenters. The van der Waals surface area contributed by atoms with Crippen LogP contribution in [0.2, 0.25) is 0 Å². The first-order chi connectivity index (χ1) is 21.1. The highest BCUT2D eigenvalue weighted by molar-refractivity contribution is 7.87. The summed E-state index contributed by atoms with van der Waals surface area (Å²) in [7, 11) is -7.03. The van der Waals surface area contributed by atoms with E-state index in [0.29, 0.717) is 24.2 Å². The van der Waals surface area contributed by atoms with Crippen LogP contribution in [0.3, 0.4) is 0 Å². The number of benzene rings is 1. The van der Waals surface area contributed by atoms with Crippen molar-refractivity contribution in [3.8, 4) is 17.0 Å². The molecular formula is C26H23F12NO6S. The maximum absolute atomic E-state index is 14.2. The summed E-state index contributed by atoms with van der Waals surface area (Å²) in [5, 5.41) is -3.03. The number of ether oxygens (including phenoxy) is 2. The number of nitrogens with zero attached hydrogens (tertiary/aromatic N) is 1. The summed E-state index contributed by atoms with van der Waals surface area (Å²) in [6.45, 7) is -0.282. The molecule has 0 spiro atoms. The molecule has 0 saturated heterocycles. The van der Waals surface area contributed by atoms with Crippen LogP contribution in [-0.2, 0) is 25.6 Å². The number of hydrogen-bond acceptors (Lipinski definition) is 7. The number of fused-ring (bicyclic) bond motifs is 2. The van der Waals surface area contributed by atoms with Crippen molar-refractivity contribution in [2.75, 3.05) is 0 Å². The number of hydrogen-bond donors (Lipinski definition) is 0. The average Bonchev–Trinajstić information content (AvgIpc) is 3.65. The zero-order valence-electron chi connectivity index (χ0n) is 23.0. The van der Waals surface area contributed by atoms with Gasteiger partial charge < -0.3 is 14.0 Å². The van der Waals surface area contributed by atoms with Crippen LogP contribution in [0.15, 0.2) is 28.8 Å². The summed E-state index contributed by atoms with van der Waals surface area (Å²) >= 11 is 0. The van der Waals surface area contributed by atoms with Gasteiger partial charge in [0.15, 0.2) is 0 Å². The lowest BCUT2D eigenvalue weighted by molar-refractivity contribution is -0.383. The summed E-state index contributed by atoms with van der Waals surface area (Å²) in [5.74, 6) is -17.1. The first kappa shape index (κ1) is 34.6. The third-order valence-electron chi connectivity index (χ3n) is 8.23. The molecule has 46 heavy (non-hydrogen) atoms. The monoisotopic (exact) mass is 705 g/mol. The second-order valence-corrected chi connectivity index (χ2v) is 13.0. The molecule has 0 unspecified atom stereocenters. The van der Waals surface area contributed by atoms with Crippen LogP contribution in [0, 0.1) is 11.8 Å². The zero-order valence-corrected chi connectivity index (χ0v) is 23.8. The van der Waals surface area contributed by atoms with Crippen molar-refractivity contribution in [2.45, 2.75) is 92.9 Å². The van der Waals surface area contributed by atoms with E-state index in [0.717, 1.165) is 6.07 Å². The van der Waals surface area contributed by atoms with E-state index >= 15 is 0 Å². The molecule has 1 heterocycles. The predicted molar refractivity (Wildman–Crippen MR) is 129 cm³/mol. The molecule has 3 fully saturated rings. The van der Waals surface area contributed by atoms with Crippen molar-refractivity contribution in [1.29, 1.82) is 0 Å². The predicted octanol–water partition coefficient (Wildman–Crippen LogP) is 7.96. The van der Waals surface area contributed by atoms with E-state index in [2.05, 4.69) is 14.1 Å². The maximum Gasteiger partial charge on any atom is 0.573 e. The molecule has 2 bridgehead atoms. The van der Waals surface area contributed by atoms with E-state index in [1.54, 1.807) is 0 Å². The third kappa shape index (κ3) is 6.15. The van der Waals surface area contributed by atoms with E-state index in [4.69, 9.17) is 9.26 Å². The molecule has 2 aromatic rings. The number of rotatable bonds is 11. The van der Waals surface area contributed by atoms with Crippen LogP contribution in [-0.4, -0.2) is 55.4 Å². The molecule has 3 saturated carbocycles. The molecule has 0 aliphatic heterocycles. The summed E-state index contributed by atoms with van der Waals surface area (Å²) in [5.41, 5.74) is 0.221. The Morgan fingerprint density at radius 3 is 1.96 bits per heavy atom. The van der Waals surface area contributed by atoms with E-state index in [1.165, 1.54) is 18.2 Å². The van der Waals surface area contributed by atoms with E-state index in [-0.39, 0.29) is 49.5 Å². The third-order valence-corrected chi connectivity index (χ3v) is 9.59. The lowest BCUT2D eigenvalue weighted by atomic mass is 9.84. The van der Waals surface area contributed by atoms with Crippen LogP contribution >= 0.6 is 0 Å². The largest absolute Gasteiger partial charge is 0.573 e. The van der Waals surface area contributed by atoms with E-state index in [1.807, 2.05) is 0 Å². The lowest BCUT2D eigenvalue weighted by Crippen LogP contribution is -2.63. The molecule has 1 aromatic carbocycles. The molecule has 20 heteroatoms. The molecule has 0 N–H and O–H groups in total. The number of alkyl halides is 12. The van der Waals surface area contributed by atoms with Crippen LogP contribution < -0.4 is 4.74 Å². The zero-order chi connectivity index (χ0) is 34.1. The Bertz CT molecular complexity index is 1520. The molecule has 0 amide bonds. The van der Waals surface area contributed by atoms with Crippen molar-refractivity contribution in [1.82, 2.24) is 5.16 Å². The number of para-hydroxylation sites is 1. The van der Waals surface area contributed by atoms with Gasteiger partial charge in [-0.3, -0.25) is 4.18 Å². The Morgan fingerprint density at radius 2 is 1.41 bits per heavy atom. The highest BCUT2D eigenvalue weighted by atomic mass is 32.2. The highest BCUT2D eigenvalue weighted by Gasteiger charge is 2.86. The molecule has 258 valence electrons. The van der Waals surface area contributed by atoms with Crippen LogP contribution in [0.1, 0.15) is 55.8 Å². The minimum atomic E-state index is -7.41. The van der Waals surface area contributed by atoms with Crippen LogP contribution in [0.5, 0.6) is 5.75 Å². The first-order valence-electron chi connectivity index (χ1n) is 13.7. The number of halogens is 12. The van der Waals surface area contributed by atoms with Crippen LogP contribution in [0.4, 0.5) is 52.7 Å². The summed E-state index contributed by atoms with van der Waals surface area (Å²) in [6, 6.07) is 5.12. The molecule has 5 rings (SSSR count). The normalized spacial score (nSPS) is 24.8. The summed E-state index contributed by atoms with van der Waals surface area (Å²) in [6.07, 6.45) is -13.4. The van der Waals surface area contributed by atoms with Gasteiger partial charge >= 0.3 is 39.8 Å². The number of aromatic nitrogens is 1. The minimum absolute atomic E-state index is 0.00773. The van der Waals surface area contributed by atoms with Gasteiger partial charge in [-0.15, -0.1) is 13.2 Å². The summed E-state index contributed by atoms with van der Waals surface area (Å²) in [4.78, 5) is 0. The van der Waals surface area contributed by atoms with E-state index in [9.17, 15) is 61.1 Å². The Kier molecular flexibility index (Phi) is 8.61. The maximum atomic E-state index is 14.2. The molecular weight excluding hydrogens is 682 g/mol. The van der Waals surface area contributed by atoms with Gasteiger partial charge in [0.25, 0.3) is 0 Å². The molecule has 3 aliphatic carbocycles. The van der Waals surface area contributed by atoms with Crippen molar-refractivity contribution in [3.63, 3.8) is 0 Å². The van der Waals surface area contributed by atoms with Gasteiger partial charge in [-0.05, 0) is 62.5 Å².